The topological polar surface area (TPSA) is 165 Å². The van der Waals surface area contributed by atoms with E-state index in [0.29, 0.717) is 24.8 Å². The number of benzene rings is 1. The van der Waals surface area contributed by atoms with Crippen LogP contribution < -0.4 is 11.0 Å². The maximum Gasteiger partial charge on any atom is 0.244 e. The van der Waals surface area contributed by atoms with E-state index in [-0.39, 0.29) is 30.1 Å². The van der Waals surface area contributed by atoms with Crippen LogP contribution in [0.5, 0.6) is 0 Å². The van der Waals surface area contributed by atoms with Gasteiger partial charge in [0, 0.05) is 63.9 Å². The smallest absolute Gasteiger partial charge is 0.244 e. The van der Waals surface area contributed by atoms with Gasteiger partial charge in [0.2, 0.25) is 11.8 Å². The number of aryl methyl sites for hydroxylation is 2. The number of hydroxylamine groups is 2. The predicted molar refractivity (Wildman–Crippen MR) is 240 cm³/mol. The predicted octanol–water partition coefficient (Wildman–Crippen LogP) is 8.83. The molecule has 2 aliphatic heterocycles. The third-order valence-electron chi connectivity index (χ3n) is 13.5. The van der Waals surface area contributed by atoms with Gasteiger partial charge in [-0.3, -0.25) is 29.4 Å². The van der Waals surface area contributed by atoms with E-state index in [1.54, 1.807) is 5.48 Å². The molecule has 2 aliphatic carbocycles. The summed E-state index contributed by atoms with van der Waals surface area (Å²) >= 11 is 0. The number of carbonyl (C=O) groups is 2. The van der Waals surface area contributed by atoms with Gasteiger partial charge >= 0.3 is 0 Å². The molecule has 14 heteroatoms. The fourth-order valence-corrected chi connectivity index (χ4v) is 9.68. The number of ether oxygens (including phenoxy) is 2. The van der Waals surface area contributed by atoms with Gasteiger partial charge in [0.1, 0.15) is 11.5 Å². The van der Waals surface area contributed by atoms with Crippen molar-refractivity contribution in [1.29, 1.82) is 0 Å². The van der Waals surface area contributed by atoms with E-state index in [9.17, 15) is 9.59 Å². The molecule has 0 unspecified atom stereocenters. The Bertz CT molecular complexity index is 1740. The summed E-state index contributed by atoms with van der Waals surface area (Å²) in [5.41, 5.74) is 7.33. The first-order valence-corrected chi connectivity index (χ1v) is 24.2. The summed E-state index contributed by atoms with van der Waals surface area (Å²) in [6, 6.07) is 9.84. The first-order valence-electron chi connectivity index (χ1n) is 24.2. The molecule has 0 spiro atoms. The van der Waals surface area contributed by atoms with E-state index < -0.39 is 0 Å². The molecule has 1 aromatic carbocycles. The number of hydrogen-bond acceptors (Lipinski definition) is 12. The number of morpholine rings is 2. The monoisotopic (exact) mass is 877 g/mol. The molecule has 2 saturated heterocycles. The third-order valence-corrected chi connectivity index (χ3v) is 13.5. The fraction of sp³-hybridized carbons (Fsp3) is 0.714. The molecule has 3 N–H and O–H groups in total. The molecular weight excluding hydrogens is 801 g/mol. The number of nitrogens with one attached hydrogen (secondary N) is 2. The number of rotatable bonds is 21. The molecule has 350 valence electrons. The second-order valence-corrected chi connectivity index (χ2v) is 18.4. The van der Waals surface area contributed by atoms with E-state index in [4.69, 9.17) is 38.3 Å². The number of nitrogens with zero attached hydrogens (tertiary/aromatic N) is 4. The van der Waals surface area contributed by atoms with Crippen molar-refractivity contribution in [2.24, 2.45) is 11.8 Å². The highest BCUT2D eigenvalue weighted by Crippen LogP contribution is 2.34. The average Bonchev–Trinajstić information content (AvgIpc) is 3.87. The number of amides is 2. The van der Waals surface area contributed by atoms with Crippen LogP contribution >= 0.6 is 0 Å². The summed E-state index contributed by atoms with van der Waals surface area (Å²) in [5, 5.41) is 8.97. The Balaban J connectivity index is 0.000000215. The van der Waals surface area contributed by atoms with E-state index in [0.717, 1.165) is 132 Å². The van der Waals surface area contributed by atoms with Crippen molar-refractivity contribution in [2.45, 2.75) is 161 Å². The lowest BCUT2D eigenvalue weighted by atomic mass is 9.84. The Morgan fingerprint density at radius 2 is 1.16 bits per heavy atom. The SMILES string of the molecule is Cc1oc([C@H](CCCC2CCCCC2)CC(=O)NO)nc1CN1CCOCC1.Cc1oc([C@H](CCCC2CCCCC2)CC(=O)NOCc2ccccc2)nc1CN1CCOCC1. The largest absolute Gasteiger partial charge is 0.445 e. The van der Waals surface area contributed by atoms with E-state index in [2.05, 4.69) is 15.3 Å². The Hall–Kier alpha value is -3.66. The van der Waals surface area contributed by atoms with E-state index in [1.165, 1.54) is 77.0 Å². The quantitative estimate of drug-likeness (QED) is 0.0689. The number of aromatic nitrogens is 2. The molecule has 7 rings (SSSR count). The van der Waals surface area contributed by atoms with Gasteiger partial charge in [0.05, 0.1) is 44.4 Å². The summed E-state index contributed by atoms with van der Waals surface area (Å²) in [4.78, 5) is 44.3. The van der Waals surface area contributed by atoms with Crippen molar-refractivity contribution in [3.63, 3.8) is 0 Å². The van der Waals surface area contributed by atoms with Crippen LogP contribution in [0.25, 0.3) is 0 Å². The minimum Gasteiger partial charge on any atom is -0.445 e. The lowest BCUT2D eigenvalue weighted by Gasteiger charge is -2.25. The van der Waals surface area contributed by atoms with Gasteiger partial charge < -0.3 is 18.3 Å². The van der Waals surface area contributed by atoms with Gasteiger partial charge in [-0.1, -0.05) is 120 Å². The molecule has 4 fully saturated rings. The van der Waals surface area contributed by atoms with Gasteiger partial charge in [-0.15, -0.1) is 0 Å². The Morgan fingerprint density at radius 1 is 0.698 bits per heavy atom. The zero-order valence-corrected chi connectivity index (χ0v) is 38.3. The van der Waals surface area contributed by atoms with Gasteiger partial charge in [-0.25, -0.2) is 20.9 Å². The maximum absolute atomic E-state index is 12.8. The van der Waals surface area contributed by atoms with Crippen LogP contribution in [-0.2, 0) is 43.6 Å². The number of carbonyl (C=O) groups excluding carboxylic acids is 2. The lowest BCUT2D eigenvalue weighted by molar-refractivity contribution is -0.135. The Kier molecular flexibility index (Phi) is 20.9. The first kappa shape index (κ1) is 48.8. The van der Waals surface area contributed by atoms with Crippen molar-refractivity contribution in [3.8, 4) is 0 Å². The van der Waals surface area contributed by atoms with Crippen LogP contribution in [-0.4, -0.2) is 89.4 Å². The van der Waals surface area contributed by atoms with Crippen LogP contribution in [0.15, 0.2) is 39.2 Å². The van der Waals surface area contributed by atoms with E-state index in [1.807, 2.05) is 44.2 Å². The molecule has 2 aromatic heterocycles. The molecule has 14 nitrogen and oxygen atoms in total. The highest BCUT2D eigenvalue weighted by atomic mass is 16.6. The van der Waals surface area contributed by atoms with Crippen LogP contribution in [0.3, 0.4) is 0 Å². The Labute approximate surface area is 375 Å². The highest BCUT2D eigenvalue weighted by Gasteiger charge is 2.27. The molecule has 4 heterocycles. The van der Waals surface area contributed by atoms with Crippen LogP contribution in [0, 0.1) is 25.7 Å². The summed E-state index contributed by atoms with van der Waals surface area (Å²) in [5.74, 6) is 4.00. The minimum absolute atomic E-state index is 0.0453. The molecule has 0 radical (unpaired) electrons. The fourth-order valence-electron chi connectivity index (χ4n) is 9.68. The highest BCUT2D eigenvalue weighted by molar-refractivity contribution is 5.75. The summed E-state index contributed by atoms with van der Waals surface area (Å²) in [6.07, 6.45) is 20.4. The second-order valence-electron chi connectivity index (χ2n) is 18.4. The van der Waals surface area contributed by atoms with Gasteiger partial charge in [0.15, 0.2) is 11.8 Å². The molecule has 3 aromatic rings. The van der Waals surface area contributed by atoms with Crippen LogP contribution in [0.1, 0.15) is 168 Å². The van der Waals surface area contributed by atoms with Crippen LogP contribution in [0.4, 0.5) is 0 Å². The Morgan fingerprint density at radius 3 is 1.62 bits per heavy atom. The van der Waals surface area contributed by atoms with Crippen LogP contribution in [0.2, 0.25) is 0 Å². The summed E-state index contributed by atoms with van der Waals surface area (Å²) in [6.45, 7) is 12.4. The molecule has 2 saturated carbocycles. The molecule has 0 bridgehead atoms. The molecular formula is C49H76N6O8. The zero-order valence-electron chi connectivity index (χ0n) is 38.3. The number of hydrogen-bond donors (Lipinski definition) is 3. The van der Waals surface area contributed by atoms with E-state index >= 15 is 0 Å². The van der Waals surface area contributed by atoms with Gasteiger partial charge in [-0.05, 0) is 44.1 Å². The van der Waals surface area contributed by atoms with Gasteiger partial charge in [0.25, 0.3) is 0 Å². The lowest BCUT2D eigenvalue weighted by Crippen LogP contribution is -2.35. The second kappa shape index (κ2) is 27.0. The zero-order chi connectivity index (χ0) is 44.1. The van der Waals surface area contributed by atoms with Gasteiger partial charge in [-0.2, -0.15) is 0 Å². The first-order chi connectivity index (χ1) is 30.8. The molecule has 2 amide bonds. The third kappa shape index (κ3) is 17.0. The normalized spacial score (nSPS) is 19.2. The number of oxazole rings is 2. The minimum atomic E-state index is -0.381. The maximum atomic E-state index is 12.8. The molecule has 2 atom stereocenters. The average molecular weight is 877 g/mol. The standard InChI is InChI=1S/C28H41N3O4.C21H35N3O4/c1-22-26(20-31-15-17-33-18-16-31)29-28(35-22)25(14-8-13-23-9-4-2-5-10-23)19-27(32)30-34-21-24-11-6-3-7-12-24;1-16-19(15-24-10-12-27-13-11-24)22-21(28-16)18(14-20(25)23-26)9-5-8-17-6-3-2-4-7-17/h3,6-7,11-12,23,25H,2,4-5,8-10,13-21H2,1H3,(H,30,32);17-18,26H,2-15H2,1H3,(H,23,25)/t25-;18-/m11/s1. The van der Waals surface area contributed by atoms with Crippen molar-refractivity contribution in [2.75, 3.05) is 52.6 Å². The molecule has 63 heavy (non-hydrogen) atoms. The van der Waals surface area contributed by atoms with Crippen molar-refractivity contribution >= 4 is 11.8 Å². The summed E-state index contributed by atoms with van der Waals surface area (Å²) < 4.78 is 23.0. The summed E-state index contributed by atoms with van der Waals surface area (Å²) in [7, 11) is 0. The van der Waals surface area contributed by atoms with Crippen molar-refractivity contribution in [3.05, 3.63) is 70.6 Å². The molecule has 4 aliphatic rings. The van der Waals surface area contributed by atoms with Crippen molar-refractivity contribution in [1.82, 2.24) is 30.7 Å². The van der Waals surface area contributed by atoms with Crippen molar-refractivity contribution < 1.29 is 37.9 Å².